The molecule has 80 valence electrons. The van der Waals surface area contributed by atoms with Crippen molar-refractivity contribution in [3.05, 3.63) is 46.7 Å². The summed E-state index contributed by atoms with van der Waals surface area (Å²) in [6, 6.07) is 4.54. The maximum atomic E-state index is 13.3. The lowest BCUT2D eigenvalue weighted by Gasteiger charge is -2.04. The molecule has 15 heavy (non-hydrogen) atoms. The maximum absolute atomic E-state index is 13.3. The third-order valence-corrected chi connectivity index (χ3v) is 2.71. The fraction of sp³-hybridized carbons (Fsp3) is 0.250. The zero-order valence-corrected chi connectivity index (χ0v) is 9.89. The predicted octanol–water partition coefficient (Wildman–Crippen LogP) is 4.13. The number of hydrogen-bond acceptors (Lipinski definition) is 1. The molecule has 0 aliphatic rings. The van der Waals surface area contributed by atoms with E-state index in [9.17, 15) is 9.18 Å². The average molecular weight is 271 g/mol. The van der Waals surface area contributed by atoms with Gasteiger partial charge in [-0.25, -0.2) is 4.39 Å². The Balaban J connectivity index is 2.77. The number of unbranched alkanes of at least 4 members (excludes halogenated alkanes) is 1. The smallest absolute Gasteiger partial charge is 0.166 e. The highest BCUT2D eigenvalue weighted by Gasteiger charge is 2.14. The summed E-state index contributed by atoms with van der Waals surface area (Å²) in [5.41, 5.74) is 0.154. The zero-order chi connectivity index (χ0) is 11.3. The van der Waals surface area contributed by atoms with Crippen molar-refractivity contribution in [2.75, 3.05) is 0 Å². The number of allylic oxidation sites excluding steroid dienone is 1. The molecule has 0 amide bonds. The van der Waals surface area contributed by atoms with E-state index in [0.717, 1.165) is 6.42 Å². The highest BCUT2D eigenvalue weighted by atomic mass is 79.9. The Kier molecular flexibility index (Phi) is 4.69. The minimum atomic E-state index is -0.465. The number of rotatable bonds is 5. The summed E-state index contributed by atoms with van der Waals surface area (Å²) in [6.45, 7) is 3.57. The predicted molar refractivity (Wildman–Crippen MR) is 62.5 cm³/mol. The van der Waals surface area contributed by atoms with Crippen molar-refractivity contribution in [2.45, 2.75) is 19.3 Å². The molecule has 0 aliphatic carbocycles. The van der Waals surface area contributed by atoms with Gasteiger partial charge >= 0.3 is 0 Å². The van der Waals surface area contributed by atoms with E-state index in [2.05, 4.69) is 22.5 Å². The van der Waals surface area contributed by atoms with E-state index in [1.54, 1.807) is 18.2 Å². The quantitative estimate of drug-likeness (QED) is 0.447. The van der Waals surface area contributed by atoms with Crippen LogP contribution in [0.15, 0.2) is 35.3 Å². The van der Waals surface area contributed by atoms with Crippen LogP contribution >= 0.6 is 15.9 Å². The Hall–Kier alpha value is -0.960. The summed E-state index contributed by atoms with van der Waals surface area (Å²) in [6.07, 6.45) is 3.59. The Labute approximate surface area is 97.1 Å². The average Bonchev–Trinajstić information content (AvgIpc) is 2.18. The van der Waals surface area contributed by atoms with E-state index in [-0.39, 0.29) is 11.3 Å². The van der Waals surface area contributed by atoms with Gasteiger partial charge in [0, 0.05) is 10.9 Å². The summed E-state index contributed by atoms with van der Waals surface area (Å²) in [5, 5.41) is 0. The van der Waals surface area contributed by atoms with Crippen LogP contribution in [0.25, 0.3) is 0 Å². The molecule has 0 N–H and O–H groups in total. The molecular weight excluding hydrogens is 259 g/mol. The van der Waals surface area contributed by atoms with Crippen LogP contribution < -0.4 is 0 Å². The van der Waals surface area contributed by atoms with Gasteiger partial charge in [-0.15, -0.1) is 6.58 Å². The third kappa shape index (κ3) is 3.27. The van der Waals surface area contributed by atoms with Crippen LogP contribution in [-0.4, -0.2) is 5.78 Å². The molecule has 1 aromatic rings. The van der Waals surface area contributed by atoms with Gasteiger partial charge in [-0.3, -0.25) is 4.79 Å². The first-order chi connectivity index (χ1) is 7.16. The first kappa shape index (κ1) is 12.1. The van der Waals surface area contributed by atoms with Gasteiger partial charge in [0.25, 0.3) is 0 Å². The molecule has 0 unspecified atom stereocenters. The Morgan fingerprint density at radius 3 is 2.87 bits per heavy atom. The summed E-state index contributed by atoms with van der Waals surface area (Å²) in [7, 11) is 0. The van der Waals surface area contributed by atoms with E-state index in [4.69, 9.17) is 0 Å². The van der Waals surface area contributed by atoms with Gasteiger partial charge in [0.2, 0.25) is 0 Å². The molecule has 3 heteroatoms. The minimum Gasteiger partial charge on any atom is -0.294 e. The van der Waals surface area contributed by atoms with Gasteiger partial charge in [-0.2, -0.15) is 0 Å². The second kappa shape index (κ2) is 5.81. The Morgan fingerprint density at radius 1 is 1.53 bits per heavy atom. The molecule has 0 aromatic heterocycles. The van der Waals surface area contributed by atoms with Crippen LogP contribution in [0.1, 0.15) is 29.6 Å². The zero-order valence-electron chi connectivity index (χ0n) is 8.30. The minimum absolute atomic E-state index is 0.154. The van der Waals surface area contributed by atoms with E-state index >= 15 is 0 Å². The molecular formula is C12H12BrFO. The van der Waals surface area contributed by atoms with Crippen molar-refractivity contribution >= 4 is 21.7 Å². The third-order valence-electron chi connectivity index (χ3n) is 2.05. The topological polar surface area (TPSA) is 17.1 Å². The Bertz CT molecular complexity index is 354. The number of Topliss-reactive ketones (excluding diaryl/α,β-unsaturated/α-hetero) is 1. The highest BCUT2D eigenvalue weighted by molar-refractivity contribution is 9.10. The number of ketones is 1. The Morgan fingerprint density at radius 2 is 2.27 bits per heavy atom. The van der Waals surface area contributed by atoms with Crippen LogP contribution in [0.3, 0.4) is 0 Å². The standard InChI is InChI=1S/C12H12BrFO/c1-2-3-4-8-11(15)12-9(13)6-5-7-10(12)14/h2,5-7H,1,3-4,8H2. The van der Waals surface area contributed by atoms with Gasteiger partial charge in [0.1, 0.15) is 5.82 Å². The number of carbonyl (C=O) groups is 1. The normalized spacial score (nSPS) is 10.0. The molecule has 0 heterocycles. The molecule has 0 saturated heterocycles. The number of hydrogen-bond donors (Lipinski definition) is 0. The first-order valence-electron chi connectivity index (χ1n) is 4.75. The molecule has 0 bridgehead atoms. The molecule has 0 fully saturated rings. The lowest BCUT2D eigenvalue weighted by atomic mass is 10.1. The van der Waals surface area contributed by atoms with E-state index in [1.165, 1.54) is 6.07 Å². The fourth-order valence-corrected chi connectivity index (χ4v) is 1.86. The summed E-state index contributed by atoms with van der Waals surface area (Å²) >= 11 is 3.18. The lowest BCUT2D eigenvalue weighted by molar-refractivity contribution is 0.0975. The van der Waals surface area contributed by atoms with Crippen LogP contribution in [-0.2, 0) is 0 Å². The lowest BCUT2D eigenvalue weighted by Crippen LogP contribution is -2.03. The molecule has 1 rings (SSSR count). The first-order valence-corrected chi connectivity index (χ1v) is 5.54. The molecule has 0 atom stereocenters. The number of carbonyl (C=O) groups excluding carboxylic acids is 1. The second-order valence-electron chi connectivity index (χ2n) is 3.20. The van der Waals surface area contributed by atoms with Crippen molar-refractivity contribution in [3.63, 3.8) is 0 Å². The largest absolute Gasteiger partial charge is 0.294 e. The van der Waals surface area contributed by atoms with Crippen molar-refractivity contribution in [1.82, 2.24) is 0 Å². The molecule has 1 aromatic carbocycles. The van der Waals surface area contributed by atoms with Crippen molar-refractivity contribution in [3.8, 4) is 0 Å². The fourth-order valence-electron chi connectivity index (χ4n) is 1.30. The molecule has 0 aliphatic heterocycles. The number of benzene rings is 1. The van der Waals surface area contributed by atoms with Crippen LogP contribution in [0.4, 0.5) is 4.39 Å². The molecule has 0 saturated carbocycles. The van der Waals surface area contributed by atoms with Crippen molar-refractivity contribution in [2.24, 2.45) is 0 Å². The van der Waals surface area contributed by atoms with E-state index in [0.29, 0.717) is 17.3 Å². The van der Waals surface area contributed by atoms with Gasteiger partial charge in [0.15, 0.2) is 5.78 Å². The number of halogens is 2. The van der Waals surface area contributed by atoms with Crippen LogP contribution in [0, 0.1) is 5.82 Å². The summed E-state index contributed by atoms with van der Waals surface area (Å²) < 4.78 is 13.9. The maximum Gasteiger partial charge on any atom is 0.166 e. The highest BCUT2D eigenvalue weighted by Crippen LogP contribution is 2.21. The van der Waals surface area contributed by atoms with E-state index < -0.39 is 5.82 Å². The van der Waals surface area contributed by atoms with Crippen molar-refractivity contribution < 1.29 is 9.18 Å². The van der Waals surface area contributed by atoms with Crippen LogP contribution in [0.5, 0.6) is 0 Å². The van der Waals surface area contributed by atoms with Gasteiger partial charge < -0.3 is 0 Å². The molecule has 0 spiro atoms. The second-order valence-corrected chi connectivity index (χ2v) is 4.06. The summed E-state index contributed by atoms with van der Waals surface area (Å²) in [4.78, 5) is 11.7. The molecule has 1 nitrogen and oxygen atoms in total. The molecule has 0 radical (unpaired) electrons. The van der Waals surface area contributed by atoms with Crippen LogP contribution in [0.2, 0.25) is 0 Å². The van der Waals surface area contributed by atoms with Gasteiger partial charge in [0.05, 0.1) is 5.56 Å². The van der Waals surface area contributed by atoms with Crippen molar-refractivity contribution in [1.29, 1.82) is 0 Å². The van der Waals surface area contributed by atoms with Gasteiger partial charge in [-0.1, -0.05) is 12.1 Å². The monoisotopic (exact) mass is 270 g/mol. The van der Waals surface area contributed by atoms with Gasteiger partial charge in [-0.05, 0) is 40.9 Å². The summed E-state index contributed by atoms with van der Waals surface area (Å²) in [5.74, 6) is -0.630. The SMILES string of the molecule is C=CCCCC(=O)c1c(F)cccc1Br. The van der Waals surface area contributed by atoms with E-state index in [1.807, 2.05) is 0 Å².